The highest BCUT2D eigenvalue weighted by atomic mass is 35.5. The number of hydrogen-bond donors (Lipinski definition) is 1. The van der Waals surface area contributed by atoms with Gasteiger partial charge in [0.15, 0.2) is 0 Å². The molecule has 3 rings (SSSR count). The summed E-state index contributed by atoms with van der Waals surface area (Å²) in [4.78, 5) is 30.4. The number of aryl methyl sites for hydroxylation is 1. The van der Waals surface area contributed by atoms with Gasteiger partial charge in [0, 0.05) is 16.9 Å². The Labute approximate surface area is 172 Å². The van der Waals surface area contributed by atoms with Gasteiger partial charge in [-0.05, 0) is 31.2 Å². The number of primary amides is 1. The van der Waals surface area contributed by atoms with E-state index in [0.29, 0.717) is 23.9 Å². The molecular weight excluding hydrogens is 402 g/mol. The molecule has 0 unspecified atom stereocenters. The third-order valence-electron chi connectivity index (χ3n) is 4.41. The van der Waals surface area contributed by atoms with Crippen molar-refractivity contribution in [2.45, 2.75) is 25.4 Å². The van der Waals surface area contributed by atoms with Crippen LogP contribution in [0.2, 0.25) is 5.02 Å². The molecule has 2 N–H and O–H groups in total. The molecule has 1 atom stereocenters. The largest absolute Gasteiger partial charge is 0.490 e. The van der Waals surface area contributed by atoms with Gasteiger partial charge in [0.25, 0.3) is 0 Å². The van der Waals surface area contributed by atoms with E-state index >= 15 is 0 Å². The van der Waals surface area contributed by atoms with Crippen LogP contribution in [0.3, 0.4) is 0 Å². The van der Waals surface area contributed by atoms with Gasteiger partial charge < -0.3 is 20.1 Å². The highest BCUT2D eigenvalue weighted by molar-refractivity contribution is 7.09. The van der Waals surface area contributed by atoms with Gasteiger partial charge in [-0.3, -0.25) is 9.59 Å². The predicted octanol–water partition coefficient (Wildman–Crippen LogP) is 2.20. The predicted molar refractivity (Wildman–Crippen MR) is 107 cm³/mol. The smallest absolute Gasteiger partial charge is 0.228 e. The summed E-state index contributed by atoms with van der Waals surface area (Å²) in [7, 11) is 0. The first-order valence-electron chi connectivity index (χ1n) is 8.85. The topological polar surface area (TPSA) is 94.8 Å². The first-order chi connectivity index (χ1) is 13.3. The van der Waals surface area contributed by atoms with Crippen LogP contribution < -0.4 is 10.5 Å². The lowest BCUT2D eigenvalue weighted by atomic mass is 9.97. The first-order valence-corrected chi connectivity index (χ1v) is 10.1. The fourth-order valence-electron chi connectivity index (χ4n) is 3.12. The minimum atomic E-state index is -0.989. The normalized spacial score (nSPS) is 19.4. The quantitative estimate of drug-likeness (QED) is 0.736. The summed E-state index contributed by atoms with van der Waals surface area (Å²) in [6.45, 7) is 2.98. The Morgan fingerprint density at radius 3 is 2.79 bits per heavy atom. The number of hydrogen-bond acceptors (Lipinski definition) is 6. The highest BCUT2D eigenvalue weighted by Gasteiger charge is 2.41. The second kappa shape index (κ2) is 8.89. The third-order valence-corrected chi connectivity index (χ3v) is 5.49. The molecule has 1 aliphatic heterocycles. The molecule has 1 aromatic carbocycles. The summed E-state index contributed by atoms with van der Waals surface area (Å²) in [5.74, 6) is 0.0244. The molecule has 2 heterocycles. The van der Waals surface area contributed by atoms with E-state index in [1.54, 1.807) is 29.2 Å². The Kier molecular flexibility index (Phi) is 6.53. The van der Waals surface area contributed by atoms with Crippen molar-refractivity contribution in [1.29, 1.82) is 0 Å². The number of rotatable bonds is 7. The fourth-order valence-corrected chi connectivity index (χ4v) is 3.86. The maximum absolute atomic E-state index is 12.7. The van der Waals surface area contributed by atoms with Gasteiger partial charge in [-0.25, -0.2) is 4.98 Å². The lowest BCUT2D eigenvalue weighted by Crippen LogP contribution is -2.58. The summed E-state index contributed by atoms with van der Waals surface area (Å²) in [5, 5.41) is 3.40. The lowest BCUT2D eigenvalue weighted by molar-refractivity contribution is -0.161. The van der Waals surface area contributed by atoms with Gasteiger partial charge in [0.05, 0.1) is 36.7 Å². The van der Waals surface area contributed by atoms with E-state index in [2.05, 4.69) is 4.98 Å². The minimum absolute atomic E-state index is 0.0415. The summed E-state index contributed by atoms with van der Waals surface area (Å²) in [5.41, 5.74) is 5.20. The van der Waals surface area contributed by atoms with Gasteiger partial charge in [-0.15, -0.1) is 11.3 Å². The average Bonchev–Trinajstić information content (AvgIpc) is 3.05. The Hall–Kier alpha value is -2.16. The van der Waals surface area contributed by atoms with E-state index in [9.17, 15) is 9.59 Å². The molecule has 9 heteroatoms. The van der Waals surface area contributed by atoms with Crippen molar-refractivity contribution in [3.8, 4) is 5.75 Å². The summed E-state index contributed by atoms with van der Waals surface area (Å²) in [6, 6.07) is 6.89. The maximum atomic E-state index is 12.7. The standard InChI is InChI=1S/C19H22ClN3O4S/c1-13-22-15(10-28-13)8-18(25)23-6-7-27-19(11-23,9-17(21)24)12-26-16-4-2-14(20)3-5-16/h2-5,10H,6-9,11-12H2,1H3,(H2,21,24)/t19-/m1/s1. The van der Waals surface area contributed by atoms with Crippen LogP contribution in [0.15, 0.2) is 29.6 Å². The molecule has 2 amide bonds. The number of thiazole rings is 1. The van der Waals surface area contributed by atoms with Gasteiger partial charge in [-0.2, -0.15) is 0 Å². The number of halogens is 1. The molecule has 7 nitrogen and oxygen atoms in total. The molecule has 1 saturated heterocycles. The van der Waals surface area contributed by atoms with Crippen molar-refractivity contribution in [3.63, 3.8) is 0 Å². The Balaban J connectivity index is 1.69. The second-order valence-electron chi connectivity index (χ2n) is 6.77. The van der Waals surface area contributed by atoms with Crippen molar-refractivity contribution < 1.29 is 19.1 Å². The molecule has 1 aliphatic rings. The first kappa shape index (κ1) is 20.6. The Bertz CT molecular complexity index is 842. The van der Waals surface area contributed by atoms with Crippen LogP contribution in [0.5, 0.6) is 5.75 Å². The average molecular weight is 424 g/mol. The van der Waals surface area contributed by atoms with Crippen molar-refractivity contribution >= 4 is 34.8 Å². The number of nitrogens with zero attached hydrogens (tertiary/aromatic N) is 2. The van der Waals surface area contributed by atoms with E-state index in [0.717, 1.165) is 10.7 Å². The van der Waals surface area contributed by atoms with Gasteiger partial charge in [0.1, 0.15) is 18.0 Å². The molecule has 28 heavy (non-hydrogen) atoms. The molecule has 1 fully saturated rings. The number of amides is 2. The molecule has 0 radical (unpaired) electrons. The van der Waals surface area contributed by atoms with Crippen molar-refractivity contribution in [2.75, 3.05) is 26.3 Å². The number of nitrogens with two attached hydrogens (primary N) is 1. The van der Waals surface area contributed by atoms with E-state index < -0.39 is 11.5 Å². The van der Waals surface area contributed by atoms with Crippen LogP contribution in [0, 0.1) is 6.92 Å². The molecule has 150 valence electrons. The Morgan fingerprint density at radius 1 is 1.39 bits per heavy atom. The second-order valence-corrected chi connectivity index (χ2v) is 8.27. The van der Waals surface area contributed by atoms with E-state index in [1.165, 1.54) is 11.3 Å². The molecule has 2 aromatic rings. The van der Waals surface area contributed by atoms with Crippen LogP contribution >= 0.6 is 22.9 Å². The van der Waals surface area contributed by atoms with Gasteiger partial charge >= 0.3 is 0 Å². The van der Waals surface area contributed by atoms with E-state index in [4.69, 9.17) is 26.8 Å². The van der Waals surface area contributed by atoms with Crippen molar-refractivity contribution in [2.24, 2.45) is 5.73 Å². The van der Waals surface area contributed by atoms with Crippen LogP contribution in [-0.4, -0.2) is 53.6 Å². The number of aromatic nitrogens is 1. The summed E-state index contributed by atoms with van der Waals surface area (Å²) >= 11 is 7.40. The lowest BCUT2D eigenvalue weighted by Gasteiger charge is -2.42. The molecular formula is C19H22ClN3O4S. The number of carbonyl (C=O) groups is 2. The SMILES string of the molecule is Cc1nc(CC(=O)N2CCO[C@](COc3ccc(Cl)cc3)(CC(N)=O)C2)cs1. The summed E-state index contributed by atoms with van der Waals surface area (Å²) in [6.07, 6.45) is 0.176. The van der Waals surface area contributed by atoms with E-state index in [1.807, 2.05) is 12.3 Å². The van der Waals surface area contributed by atoms with Gasteiger partial charge in [-0.1, -0.05) is 11.6 Å². The van der Waals surface area contributed by atoms with E-state index in [-0.39, 0.29) is 31.9 Å². The van der Waals surface area contributed by atoms with Gasteiger partial charge in [0.2, 0.25) is 11.8 Å². The number of carbonyl (C=O) groups excluding carboxylic acids is 2. The minimum Gasteiger partial charge on any atom is -0.490 e. The van der Waals surface area contributed by atoms with Crippen LogP contribution in [-0.2, 0) is 20.7 Å². The third kappa shape index (κ3) is 5.43. The van der Waals surface area contributed by atoms with Crippen LogP contribution in [0.25, 0.3) is 0 Å². The monoisotopic (exact) mass is 423 g/mol. The zero-order valence-corrected chi connectivity index (χ0v) is 17.1. The van der Waals surface area contributed by atoms with Crippen molar-refractivity contribution in [3.05, 3.63) is 45.4 Å². The van der Waals surface area contributed by atoms with Crippen LogP contribution in [0.4, 0.5) is 0 Å². The molecule has 0 aliphatic carbocycles. The Morgan fingerprint density at radius 2 is 2.14 bits per heavy atom. The molecule has 0 bridgehead atoms. The van der Waals surface area contributed by atoms with Crippen molar-refractivity contribution in [1.82, 2.24) is 9.88 Å². The molecule has 0 spiro atoms. The van der Waals surface area contributed by atoms with Crippen LogP contribution in [0.1, 0.15) is 17.1 Å². The summed E-state index contributed by atoms with van der Waals surface area (Å²) < 4.78 is 11.7. The maximum Gasteiger partial charge on any atom is 0.228 e. The highest BCUT2D eigenvalue weighted by Crippen LogP contribution is 2.25. The number of morpholine rings is 1. The molecule has 1 aromatic heterocycles. The number of benzene rings is 1. The zero-order valence-electron chi connectivity index (χ0n) is 15.5. The zero-order chi connectivity index (χ0) is 20.1. The fraction of sp³-hybridized carbons (Fsp3) is 0.421. The molecule has 0 saturated carbocycles. The number of ether oxygens (including phenoxy) is 2.